The molecule has 3 aromatic carbocycles. The Morgan fingerprint density at radius 1 is 0.970 bits per heavy atom. The molecule has 7 nitrogen and oxygen atoms in total. The first kappa shape index (κ1) is 23.0. The molecular weight excluding hydrogens is 456 g/mol. The molecule has 1 amide bonds. The second-order valence-corrected chi connectivity index (χ2v) is 10.4. The van der Waals surface area contributed by atoms with Crippen LogP contribution in [0.5, 0.6) is 0 Å². The fourth-order valence-electron chi connectivity index (χ4n) is 3.48. The number of carbonyl (C=O) groups is 1. The van der Waals surface area contributed by atoms with Crippen LogP contribution in [0.4, 0.5) is 5.13 Å². The molecule has 0 saturated heterocycles. The third-order valence-corrected chi connectivity index (χ3v) is 7.88. The molecule has 1 heterocycles. The summed E-state index contributed by atoms with van der Waals surface area (Å²) in [5.74, 6) is -0.708. The summed E-state index contributed by atoms with van der Waals surface area (Å²) >= 11 is 1.24. The maximum absolute atomic E-state index is 13.3. The Labute approximate surface area is 196 Å². The Bertz CT molecular complexity index is 1370. The SMILES string of the molecule is CC[C@@H](C)[C@H](NS(=O)(=O)c1cccc2ccccc12)C(=O)Nc1nnc(-c2ccccc2)s1. The normalized spacial score (nSPS) is 13.5. The number of rotatable bonds is 8. The fraction of sp³-hybridized carbons (Fsp3) is 0.208. The van der Waals surface area contributed by atoms with Crippen LogP contribution in [0, 0.1) is 5.92 Å². The van der Waals surface area contributed by atoms with Gasteiger partial charge in [0.05, 0.1) is 4.90 Å². The van der Waals surface area contributed by atoms with Crippen LogP contribution in [-0.4, -0.2) is 30.6 Å². The lowest BCUT2D eigenvalue weighted by Crippen LogP contribution is -2.47. The van der Waals surface area contributed by atoms with E-state index in [1.807, 2.05) is 62.4 Å². The number of anilines is 1. The molecule has 170 valence electrons. The van der Waals surface area contributed by atoms with Gasteiger partial charge < -0.3 is 0 Å². The van der Waals surface area contributed by atoms with Crippen LogP contribution in [0.15, 0.2) is 77.7 Å². The van der Waals surface area contributed by atoms with Crippen molar-refractivity contribution in [1.29, 1.82) is 0 Å². The molecular formula is C24H24N4O3S2. The van der Waals surface area contributed by atoms with E-state index in [1.165, 1.54) is 11.3 Å². The first-order valence-corrected chi connectivity index (χ1v) is 12.9. The van der Waals surface area contributed by atoms with Crippen LogP contribution in [-0.2, 0) is 14.8 Å². The molecule has 0 unspecified atom stereocenters. The van der Waals surface area contributed by atoms with Crippen molar-refractivity contribution < 1.29 is 13.2 Å². The summed E-state index contributed by atoms with van der Waals surface area (Å²) in [6.45, 7) is 3.75. The molecule has 0 radical (unpaired) electrons. The minimum Gasteiger partial charge on any atom is -0.299 e. The van der Waals surface area contributed by atoms with Crippen molar-refractivity contribution in [3.63, 3.8) is 0 Å². The number of amides is 1. The molecule has 0 saturated carbocycles. The van der Waals surface area contributed by atoms with Crippen LogP contribution < -0.4 is 10.0 Å². The Morgan fingerprint density at radius 2 is 1.67 bits per heavy atom. The third kappa shape index (κ3) is 5.11. The summed E-state index contributed by atoms with van der Waals surface area (Å²) in [6.07, 6.45) is 0.613. The maximum atomic E-state index is 13.3. The Hall–Kier alpha value is -3.14. The number of hydrogen-bond donors (Lipinski definition) is 2. The Morgan fingerprint density at radius 3 is 2.42 bits per heavy atom. The van der Waals surface area contributed by atoms with Crippen LogP contribution in [0.2, 0.25) is 0 Å². The van der Waals surface area contributed by atoms with Gasteiger partial charge in [-0.15, -0.1) is 10.2 Å². The molecule has 4 rings (SSSR count). The van der Waals surface area contributed by atoms with Gasteiger partial charge in [-0.05, 0) is 17.4 Å². The van der Waals surface area contributed by atoms with Gasteiger partial charge in [0.2, 0.25) is 21.1 Å². The van der Waals surface area contributed by atoms with Crippen molar-refractivity contribution in [1.82, 2.24) is 14.9 Å². The molecule has 0 bridgehead atoms. The maximum Gasteiger partial charge on any atom is 0.244 e. The monoisotopic (exact) mass is 480 g/mol. The Kier molecular flexibility index (Phi) is 6.83. The van der Waals surface area contributed by atoms with E-state index in [-0.39, 0.29) is 10.8 Å². The lowest BCUT2D eigenvalue weighted by atomic mass is 9.99. The van der Waals surface area contributed by atoms with Gasteiger partial charge in [-0.3, -0.25) is 10.1 Å². The number of aromatic nitrogens is 2. The fourth-order valence-corrected chi connectivity index (χ4v) is 5.76. The topological polar surface area (TPSA) is 101 Å². The lowest BCUT2D eigenvalue weighted by molar-refractivity contribution is -0.118. The van der Waals surface area contributed by atoms with Gasteiger partial charge in [-0.25, -0.2) is 8.42 Å². The summed E-state index contributed by atoms with van der Waals surface area (Å²) in [4.78, 5) is 13.3. The van der Waals surface area contributed by atoms with Gasteiger partial charge in [0.25, 0.3) is 0 Å². The predicted octanol–water partition coefficient (Wildman–Crippen LogP) is 4.69. The van der Waals surface area contributed by atoms with E-state index in [4.69, 9.17) is 0 Å². The van der Waals surface area contributed by atoms with Crippen LogP contribution in [0.3, 0.4) is 0 Å². The Balaban J connectivity index is 1.58. The van der Waals surface area contributed by atoms with E-state index < -0.39 is 22.0 Å². The van der Waals surface area contributed by atoms with E-state index in [9.17, 15) is 13.2 Å². The molecule has 0 aliphatic heterocycles. The van der Waals surface area contributed by atoms with Gasteiger partial charge >= 0.3 is 0 Å². The minimum atomic E-state index is -3.96. The second kappa shape index (κ2) is 9.78. The van der Waals surface area contributed by atoms with Gasteiger partial charge in [0.1, 0.15) is 11.0 Å². The van der Waals surface area contributed by atoms with Crippen molar-refractivity contribution in [2.75, 3.05) is 5.32 Å². The van der Waals surface area contributed by atoms with Crippen molar-refractivity contribution in [2.45, 2.75) is 31.2 Å². The highest BCUT2D eigenvalue weighted by molar-refractivity contribution is 7.89. The lowest BCUT2D eigenvalue weighted by Gasteiger charge is -2.23. The highest BCUT2D eigenvalue weighted by Crippen LogP contribution is 2.27. The summed E-state index contributed by atoms with van der Waals surface area (Å²) in [7, 11) is -3.96. The molecule has 9 heteroatoms. The van der Waals surface area contributed by atoms with Crippen LogP contribution >= 0.6 is 11.3 Å². The predicted molar refractivity (Wildman–Crippen MR) is 131 cm³/mol. The first-order valence-electron chi connectivity index (χ1n) is 10.6. The summed E-state index contributed by atoms with van der Waals surface area (Å²) in [5.41, 5.74) is 0.894. The zero-order chi connectivity index (χ0) is 23.4. The molecule has 2 N–H and O–H groups in total. The van der Waals surface area contributed by atoms with E-state index in [0.29, 0.717) is 21.9 Å². The zero-order valence-corrected chi connectivity index (χ0v) is 19.9. The summed E-state index contributed by atoms with van der Waals surface area (Å²) in [5, 5.41) is 13.3. The number of carbonyl (C=O) groups excluding carboxylic acids is 1. The van der Waals surface area contributed by atoms with E-state index in [0.717, 1.165) is 10.9 Å². The highest BCUT2D eigenvalue weighted by atomic mass is 32.2. The number of nitrogens with one attached hydrogen (secondary N) is 2. The molecule has 4 aromatic rings. The number of benzene rings is 3. The van der Waals surface area contributed by atoms with E-state index in [2.05, 4.69) is 20.2 Å². The smallest absolute Gasteiger partial charge is 0.244 e. The summed E-state index contributed by atoms with van der Waals surface area (Å²) < 4.78 is 29.2. The van der Waals surface area contributed by atoms with Crippen molar-refractivity contribution >= 4 is 43.2 Å². The molecule has 0 aliphatic carbocycles. The molecule has 0 spiro atoms. The average Bonchev–Trinajstić information content (AvgIpc) is 3.30. The number of fused-ring (bicyclic) bond motifs is 1. The van der Waals surface area contributed by atoms with Crippen molar-refractivity contribution in [3.05, 3.63) is 72.8 Å². The number of hydrogen-bond acceptors (Lipinski definition) is 6. The quantitative estimate of drug-likeness (QED) is 0.381. The van der Waals surface area contributed by atoms with Crippen molar-refractivity contribution in [3.8, 4) is 10.6 Å². The molecule has 2 atom stereocenters. The molecule has 0 fully saturated rings. The van der Waals surface area contributed by atoms with Crippen LogP contribution in [0.1, 0.15) is 20.3 Å². The van der Waals surface area contributed by atoms with Gasteiger partial charge in [-0.2, -0.15) is 4.72 Å². The van der Waals surface area contributed by atoms with E-state index >= 15 is 0 Å². The molecule has 1 aromatic heterocycles. The second-order valence-electron chi connectivity index (χ2n) is 7.73. The number of nitrogens with zero attached hydrogens (tertiary/aromatic N) is 2. The third-order valence-electron chi connectivity index (χ3n) is 5.49. The summed E-state index contributed by atoms with van der Waals surface area (Å²) in [6, 6.07) is 20.9. The standard InChI is InChI=1S/C24H24N4O3S2/c1-3-16(2)21(22(29)25-24-27-26-23(32-24)18-11-5-4-6-12-18)28-33(30,31)20-15-9-13-17-10-7-8-14-19(17)20/h4-16,21,28H,3H2,1-2H3,(H,25,27,29)/t16-,21+/m1/s1. The molecule has 0 aliphatic rings. The largest absolute Gasteiger partial charge is 0.299 e. The zero-order valence-electron chi connectivity index (χ0n) is 18.2. The van der Waals surface area contributed by atoms with E-state index in [1.54, 1.807) is 24.3 Å². The van der Waals surface area contributed by atoms with Gasteiger partial charge in [-0.1, -0.05) is 98.3 Å². The number of sulfonamides is 1. The van der Waals surface area contributed by atoms with Crippen LogP contribution in [0.25, 0.3) is 21.3 Å². The first-order chi connectivity index (χ1) is 15.9. The average molecular weight is 481 g/mol. The minimum absolute atomic E-state index is 0.143. The van der Waals surface area contributed by atoms with Gasteiger partial charge in [0, 0.05) is 10.9 Å². The van der Waals surface area contributed by atoms with Gasteiger partial charge in [0.15, 0.2) is 0 Å². The molecule has 33 heavy (non-hydrogen) atoms. The van der Waals surface area contributed by atoms with Crippen molar-refractivity contribution in [2.24, 2.45) is 5.92 Å². The highest BCUT2D eigenvalue weighted by Gasteiger charge is 2.31.